The van der Waals surface area contributed by atoms with E-state index in [9.17, 15) is 9.59 Å². The van der Waals surface area contributed by atoms with Crippen LogP contribution in [0.25, 0.3) is 0 Å². The second-order valence-corrected chi connectivity index (χ2v) is 7.85. The lowest BCUT2D eigenvalue weighted by Crippen LogP contribution is -2.37. The van der Waals surface area contributed by atoms with Gasteiger partial charge in [-0.05, 0) is 69.2 Å². The molecule has 0 amide bonds. The second kappa shape index (κ2) is 7.76. The predicted molar refractivity (Wildman–Crippen MR) is 103 cm³/mol. The van der Waals surface area contributed by atoms with Crippen molar-refractivity contribution in [1.29, 1.82) is 0 Å². The first-order chi connectivity index (χ1) is 13.1. The topological polar surface area (TPSA) is 73.0 Å². The van der Waals surface area contributed by atoms with Gasteiger partial charge in [0.05, 0.1) is 11.4 Å². The average molecular weight is 369 g/mol. The van der Waals surface area contributed by atoms with E-state index in [4.69, 9.17) is 0 Å². The summed E-state index contributed by atoms with van der Waals surface area (Å²) in [7, 11) is 1.68. The zero-order valence-electron chi connectivity index (χ0n) is 15.9. The SMILES string of the molecule is Cn1nc(CN2CCC(Cn3nc4c(cc3=O)CCCC4)CC2)ccc1=O. The Morgan fingerprint density at radius 1 is 1.04 bits per heavy atom. The highest BCUT2D eigenvalue weighted by molar-refractivity contribution is 5.20. The molecule has 1 saturated heterocycles. The lowest BCUT2D eigenvalue weighted by atomic mass is 9.95. The molecule has 7 nitrogen and oxygen atoms in total. The number of likely N-dealkylation sites (tertiary alicyclic amines) is 1. The Morgan fingerprint density at radius 3 is 2.59 bits per heavy atom. The maximum absolute atomic E-state index is 12.4. The molecule has 144 valence electrons. The number of hydrogen-bond acceptors (Lipinski definition) is 5. The number of rotatable bonds is 4. The van der Waals surface area contributed by atoms with Gasteiger partial charge in [-0.2, -0.15) is 10.2 Å². The summed E-state index contributed by atoms with van der Waals surface area (Å²) in [5, 5.41) is 8.97. The molecule has 0 radical (unpaired) electrons. The normalized spacial score (nSPS) is 18.4. The first-order valence-corrected chi connectivity index (χ1v) is 9.94. The molecule has 1 fully saturated rings. The minimum absolute atomic E-state index is 0.0486. The highest BCUT2D eigenvalue weighted by Crippen LogP contribution is 2.21. The Bertz CT molecular complexity index is 925. The van der Waals surface area contributed by atoms with Crippen molar-refractivity contribution in [1.82, 2.24) is 24.5 Å². The molecule has 1 aliphatic heterocycles. The molecular weight excluding hydrogens is 342 g/mol. The standard InChI is InChI=1S/C20H27N5O2/c1-23-19(26)7-6-17(21-23)14-24-10-8-15(9-11-24)13-25-20(27)12-16-4-2-3-5-18(16)22-25/h6-7,12,15H,2-5,8-11,13-14H2,1H3. The summed E-state index contributed by atoms with van der Waals surface area (Å²) in [5.74, 6) is 0.487. The van der Waals surface area contributed by atoms with E-state index in [2.05, 4.69) is 15.1 Å². The fourth-order valence-electron chi connectivity index (χ4n) is 4.17. The van der Waals surface area contributed by atoms with Crippen molar-refractivity contribution < 1.29 is 0 Å². The van der Waals surface area contributed by atoms with E-state index in [1.807, 2.05) is 12.1 Å². The number of fused-ring (bicyclic) bond motifs is 1. The Morgan fingerprint density at radius 2 is 1.81 bits per heavy atom. The summed E-state index contributed by atoms with van der Waals surface area (Å²) in [6.07, 6.45) is 6.45. The monoisotopic (exact) mass is 369 g/mol. The zero-order valence-corrected chi connectivity index (χ0v) is 15.9. The molecular formula is C20H27N5O2. The second-order valence-electron chi connectivity index (χ2n) is 7.85. The highest BCUT2D eigenvalue weighted by Gasteiger charge is 2.22. The van der Waals surface area contributed by atoms with Crippen LogP contribution in [0.5, 0.6) is 0 Å². The lowest BCUT2D eigenvalue weighted by Gasteiger charge is -2.31. The van der Waals surface area contributed by atoms with Crippen LogP contribution in [0.3, 0.4) is 0 Å². The summed E-state index contributed by atoms with van der Waals surface area (Å²) in [5.41, 5.74) is 3.16. The van der Waals surface area contributed by atoms with Gasteiger partial charge in [0.15, 0.2) is 0 Å². The van der Waals surface area contributed by atoms with Crippen molar-refractivity contribution in [3.05, 3.63) is 55.9 Å². The molecule has 2 aliphatic rings. The third kappa shape index (κ3) is 4.18. The molecule has 3 heterocycles. The van der Waals surface area contributed by atoms with E-state index in [1.54, 1.807) is 17.8 Å². The molecule has 0 unspecified atom stereocenters. The average Bonchev–Trinajstić information content (AvgIpc) is 2.67. The van der Waals surface area contributed by atoms with E-state index in [0.717, 1.165) is 68.8 Å². The van der Waals surface area contributed by atoms with Gasteiger partial charge in [0.1, 0.15) is 0 Å². The van der Waals surface area contributed by atoms with Gasteiger partial charge in [0.25, 0.3) is 11.1 Å². The first kappa shape index (κ1) is 18.1. The molecule has 0 aromatic carbocycles. The molecule has 27 heavy (non-hydrogen) atoms. The Balaban J connectivity index is 1.35. The van der Waals surface area contributed by atoms with Crippen molar-refractivity contribution >= 4 is 0 Å². The van der Waals surface area contributed by atoms with Crippen LogP contribution in [-0.2, 0) is 33.0 Å². The molecule has 4 rings (SSSR count). The summed E-state index contributed by atoms with van der Waals surface area (Å²) in [4.78, 5) is 26.2. The fraction of sp³-hybridized carbons (Fsp3) is 0.600. The molecule has 2 aromatic heterocycles. The highest BCUT2D eigenvalue weighted by atomic mass is 16.1. The van der Waals surface area contributed by atoms with Gasteiger partial charge in [-0.25, -0.2) is 9.36 Å². The quantitative estimate of drug-likeness (QED) is 0.808. The number of aromatic nitrogens is 4. The molecule has 0 saturated carbocycles. The minimum Gasteiger partial charge on any atom is -0.297 e. The third-order valence-electron chi connectivity index (χ3n) is 5.81. The van der Waals surface area contributed by atoms with Crippen molar-refractivity contribution in [3.8, 4) is 0 Å². The summed E-state index contributed by atoms with van der Waals surface area (Å²) in [6.45, 7) is 3.44. The molecule has 0 N–H and O–H groups in total. The summed E-state index contributed by atoms with van der Waals surface area (Å²) >= 11 is 0. The van der Waals surface area contributed by atoms with E-state index in [-0.39, 0.29) is 11.1 Å². The Labute approximate surface area is 158 Å². The molecule has 2 aromatic rings. The van der Waals surface area contributed by atoms with Crippen LogP contribution in [0.1, 0.15) is 42.6 Å². The van der Waals surface area contributed by atoms with E-state index in [1.165, 1.54) is 17.5 Å². The Hall–Kier alpha value is -2.28. The molecule has 0 spiro atoms. The van der Waals surface area contributed by atoms with Crippen LogP contribution in [0.2, 0.25) is 0 Å². The molecule has 0 atom stereocenters. The van der Waals surface area contributed by atoms with Crippen LogP contribution < -0.4 is 11.1 Å². The maximum atomic E-state index is 12.4. The van der Waals surface area contributed by atoms with E-state index >= 15 is 0 Å². The van der Waals surface area contributed by atoms with Gasteiger partial charge in [-0.15, -0.1) is 0 Å². The number of piperidine rings is 1. The lowest BCUT2D eigenvalue weighted by molar-refractivity contribution is 0.161. The van der Waals surface area contributed by atoms with Gasteiger partial charge in [-0.3, -0.25) is 14.5 Å². The molecule has 7 heteroatoms. The van der Waals surface area contributed by atoms with Crippen LogP contribution in [0, 0.1) is 5.92 Å². The van der Waals surface area contributed by atoms with Gasteiger partial charge >= 0.3 is 0 Å². The Kier molecular flexibility index (Phi) is 5.20. The smallest absolute Gasteiger partial charge is 0.267 e. The van der Waals surface area contributed by atoms with Crippen molar-refractivity contribution in [2.75, 3.05) is 13.1 Å². The minimum atomic E-state index is -0.0829. The largest absolute Gasteiger partial charge is 0.297 e. The maximum Gasteiger partial charge on any atom is 0.267 e. The van der Waals surface area contributed by atoms with E-state index in [0.29, 0.717) is 5.92 Å². The van der Waals surface area contributed by atoms with Crippen molar-refractivity contribution in [2.45, 2.75) is 51.6 Å². The fourth-order valence-corrected chi connectivity index (χ4v) is 4.17. The van der Waals surface area contributed by atoms with Gasteiger partial charge in [-0.1, -0.05) is 0 Å². The molecule has 0 bridgehead atoms. The predicted octanol–water partition coefficient (Wildman–Crippen LogP) is 1.13. The van der Waals surface area contributed by atoms with Crippen LogP contribution in [-0.4, -0.2) is 37.6 Å². The number of hydrogen-bond donors (Lipinski definition) is 0. The number of nitrogens with zero attached hydrogens (tertiary/aromatic N) is 5. The van der Waals surface area contributed by atoms with Crippen LogP contribution in [0.4, 0.5) is 0 Å². The first-order valence-electron chi connectivity index (χ1n) is 9.94. The third-order valence-corrected chi connectivity index (χ3v) is 5.81. The summed E-state index contributed by atoms with van der Waals surface area (Å²) in [6, 6.07) is 5.19. The van der Waals surface area contributed by atoms with Crippen LogP contribution in [0.15, 0.2) is 27.8 Å². The molecule has 1 aliphatic carbocycles. The van der Waals surface area contributed by atoms with Gasteiger partial charge in [0.2, 0.25) is 0 Å². The van der Waals surface area contributed by atoms with Crippen LogP contribution >= 0.6 is 0 Å². The summed E-state index contributed by atoms with van der Waals surface area (Å²) < 4.78 is 3.08. The van der Waals surface area contributed by atoms with E-state index < -0.39 is 0 Å². The van der Waals surface area contributed by atoms with Crippen molar-refractivity contribution in [3.63, 3.8) is 0 Å². The zero-order chi connectivity index (χ0) is 18.8. The van der Waals surface area contributed by atoms with Gasteiger partial charge < -0.3 is 0 Å². The van der Waals surface area contributed by atoms with Crippen molar-refractivity contribution in [2.24, 2.45) is 13.0 Å². The van der Waals surface area contributed by atoms with Gasteiger partial charge in [0, 0.05) is 32.3 Å². The number of aryl methyl sites for hydroxylation is 3.